The van der Waals surface area contributed by atoms with Gasteiger partial charge in [0, 0.05) is 12.6 Å². The Morgan fingerprint density at radius 1 is 1.44 bits per heavy atom. The van der Waals surface area contributed by atoms with E-state index < -0.39 is 0 Å². The standard InChI is InChI=1S/C12H15NO3/c1-7-5-11(16-4)10(6-14)8(2)12(7)13-9(3)15/h5-6H,1-4H3,(H,13,15). The lowest BCUT2D eigenvalue weighted by atomic mass is 10.0. The van der Waals surface area contributed by atoms with Gasteiger partial charge in [0.15, 0.2) is 6.29 Å². The number of rotatable bonds is 3. The minimum absolute atomic E-state index is 0.159. The fourth-order valence-corrected chi connectivity index (χ4v) is 1.65. The van der Waals surface area contributed by atoms with Gasteiger partial charge in [-0.25, -0.2) is 0 Å². The fourth-order valence-electron chi connectivity index (χ4n) is 1.65. The van der Waals surface area contributed by atoms with Crippen molar-refractivity contribution in [1.29, 1.82) is 0 Å². The normalized spacial score (nSPS) is 9.75. The van der Waals surface area contributed by atoms with E-state index in [4.69, 9.17) is 4.74 Å². The first-order chi connectivity index (χ1) is 7.51. The average molecular weight is 221 g/mol. The molecule has 0 saturated heterocycles. The molecule has 0 unspecified atom stereocenters. The first kappa shape index (κ1) is 12.2. The summed E-state index contributed by atoms with van der Waals surface area (Å²) in [6.07, 6.45) is 0.735. The fraction of sp³-hybridized carbons (Fsp3) is 0.333. The summed E-state index contributed by atoms with van der Waals surface area (Å²) >= 11 is 0. The summed E-state index contributed by atoms with van der Waals surface area (Å²) in [5.41, 5.74) is 2.74. The highest BCUT2D eigenvalue weighted by atomic mass is 16.5. The third-order valence-electron chi connectivity index (χ3n) is 2.43. The summed E-state index contributed by atoms with van der Waals surface area (Å²) < 4.78 is 5.11. The number of hydrogen-bond donors (Lipinski definition) is 1. The average Bonchev–Trinajstić information content (AvgIpc) is 2.23. The molecular formula is C12H15NO3. The Balaban J connectivity index is 3.40. The zero-order chi connectivity index (χ0) is 12.3. The lowest BCUT2D eigenvalue weighted by Crippen LogP contribution is -2.10. The summed E-state index contributed by atoms with van der Waals surface area (Å²) in [7, 11) is 1.51. The maximum atomic E-state index is 11.0. The molecule has 0 spiro atoms. The zero-order valence-electron chi connectivity index (χ0n) is 9.88. The van der Waals surface area contributed by atoms with Crippen LogP contribution in [0.25, 0.3) is 0 Å². The number of carbonyl (C=O) groups excluding carboxylic acids is 2. The molecule has 0 aromatic heterocycles. The summed E-state index contributed by atoms with van der Waals surface area (Å²) in [5, 5.41) is 2.71. The number of amides is 1. The Bertz CT molecular complexity index is 438. The van der Waals surface area contributed by atoms with Crippen molar-refractivity contribution in [2.75, 3.05) is 12.4 Å². The maximum absolute atomic E-state index is 11.0. The van der Waals surface area contributed by atoms with Gasteiger partial charge < -0.3 is 10.1 Å². The molecule has 0 atom stereocenters. The second kappa shape index (κ2) is 4.79. The van der Waals surface area contributed by atoms with E-state index in [-0.39, 0.29) is 5.91 Å². The van der Waals surface area contributed by atoms with Gasteiger partial charge in [-0.2, -0.15) is 0 Å². The van der Waals surface area contributed by atoms with Gasteiger partial charge in [-0.05, 0) is 31.0 Å². The molecule has 0 aliphatic rings. The van der Waals surface area contributed by atoms with E-state index in [1.807, 2.05) is 6.92 Å². The zero-order valence-corrected chi connectivity index (χ0v) is 9.88. The molecule has 0 fully saturated rings. The molecule has 4 heteroatoms. The van der Waals surface area contributed by atoms with Crippen LogP contribution in [-0.2, 0) is 4.79 Å². The van der Waals surface area contributed by atoms with Crippen molar-refractivity contribution in [3.05, 3.63) is 22.8 Å². The van der Waals surface area contributed by atoms with Crippen LogP contribution in [-0.4, -0.2) is 19.3 Å². The Hall–Kier alpha value is -1.84. The molecule has 0 bridgehead atoms. The number of hydrogen-bond acceptors (Lipinski definition) is 3. The molecule has 0 radical (unpaired) electrons. The summed E-state index contributed by atoms with van der Waals surface area (Å²) in [6.45, 7) is 5.07. The third-order valence-corrected chi connectivity index (χ3v) is 2.43. The van der Waals surface area contributed by atoms with Crippen molar-refractivity contribution >= 4 is 17.9 Å². The van der Waals surface area contributed by atoms with Crippen molar-refractivity contribution < 1.29 is 14.3 Å². The van der Waals surface area contributed by atoms with Crippen LogP contribution in [0.2, 0.25) is 0 Å². The number of benzene rings is 1. The van der Waals surface area contributed by atoms with Crippen LogP contribution in [0.3, 0.4) is 0 Å². The summed E-state index contributed by atoms with van der Waals surface area (Å²) in [6, 6.07) is 1.74. The predicted molar refractivity (Wildman–Crippen MR) is 62.2 cm³/mol. The molecule has 0 aliphatic carbocycles. The van der Waals surface area contributed by atoms with Crippen LogP contribution >= 0.6 is 0 Å². The molecule has 0 aliphatic heterocycles. The molecule has 1 N–H and O–H groups in total. The van der Waals surface area contributed by atoms with Gasteiger partial charge in [-0.3, -0.25) is 9.59 Å². The van der Waals surface area contributed by atoms with Gasteiger partial charge in [0.1, 0.15) is 5.75 Å². The number of carbonyl (C=O) groups is 2. The summed E-state index contributed by atoms with van der Waals surface area (Å²) in [4.78, 5) is 22.0. The summed E-state index contributed by atoms with van der Waals surface area (Å²) in [5.74, 6) is 0.368. The smallest absolute Gasteiger partial charge is 0.221 e. The Morgan fingerprint density at radius 3 is 2.50 bits per heavy atom. The van der Waals surface area contributed by atoms with Crippen LogP contribution < -0.4 is 10.1 Å². The third kappa shape index (κ3) is 2.21. The van der Waals surface area contributed by atoms with Crippen molar-refractivity contribution in [2.24, 2.45) is 0 Å². The molecule has 1 aromatic carbocycles. The van der Waals surface area contributed by atoms with Gasteiger partial charge in [-0.1, -0.05) is 0 Å². The Kier molecular flexibility index (Phi) is 3.66. The monoisotopic (exact) mass is 221 g/mol. The second-order valence-corrected chi connectivity index (χ2v) is 3.61. The van der Waals surface area contributed by atoms with Crippen molar-refractivity contribution in [1.82, 2.24) is 0 Å². The molecule has 86 valence electrons. The molecule has 1 amide bonds. The van der Waals surface area contributed by atoms with E-state index in [9.17, 15) is 9.59 Å². The number of nitrogens with one attached hydrogen (secondary N) is 1. The SMILES string of the molecule is COc1cc(C)c(NC(C)=O)c(C)c1C=O. The molecule has 0 heterocycles. The molecule has 16 heavy (non-hydrogen) atoms. The molecule has 0 saturated carbocycles. The minimum atomic E-state index is -0.159. The first-order valence-electron chi connectivity index (χ1n) is 4.92. The topological polar surface area (TPSA) is 55.4 Å². The molecule has 4 nitrogen and oxygen atoms in total. The number of ether oxygens (including phenoxy) is 1. The number of aryl methyl sites for hydroxylation is 1. The molecular weight excluding hydrogens is 206 g/mol. The van der Waals surface area contributed by atoms with Crippen LogP contribution in [0.4, 0.5) is 5.69 Å². The van der Waals surface area contributed by atoms with E-state index in [2.05, 4.69) is 5.32 Å². The quantitative estimate of drug-likeness (QED) is 0.795. The second-order valence-electron chi connectivity index (χ2n) is 3.61. The maximum Gasteiger partial charge on any atom is 0.221 e. The molecule has 1 rings (SSSR count). The van der Waals surface area contributed by atoms with Gasteiger partial charge in [-0.15, -0.1) is 0 Å². The van der Waals surface area contributed by atoms with Gasteiger partial charge >= 0.3 is 0 Å². The van der Waals surface area contributed by atoms with Gasteiger partial charge in [0.2, 0.25) is 5.91 Å². The number of aldehydes is 1. The van der Waals surface area contributed by atoms with E-state index in [0.717, 1.165) is 17.4 Å². The first-order valence-corrected chi connectivity index (χ1v) is 4.92. The van der Waals surface area contributed by atoms with E-state index in [1.54, 1.807) is 13.0 Å². The lowest BCUT2D eigenvalue weighted by molar-refractivity contribution is -0.114. The largest absolute Gasteiger partial charge is 0.496 e. The minimum Gasteiger partial charge on any atom is -0.496 e. The lowest BCUT2D eigenvalue weighted by Gasteiger charge is -2.15. The Morgan fingerprint density at radius 2 is 2.06 bits per heavy atom. The number of anilines is 1. The van der Waals surface area contributed by atoms with Crippen molar-refractivity contribution in [3.8, 4) is 5.75 Å². The predicted octanol–water partition coefficient (Wildman–Crippen LogP) is 2.08. The van der Waals surface area contributed by atoms with Crippen molar-refractivity contribution in [2.45, 2.75) is 20.8 Å². The van der Waals surface area contributed by atoms with Crippen molar-refractivity contribution in [3.63, 3.8) is 0 Å². The van der Waals surface area contributed by atoms with Crippen LogP contribution in [0.1, 0.15) is 28.4 Å². The van der Waals surface area contributed by atoms with Crippen LogP contribution in [0.15, 0.2) is 6.07 Å². The van der Waals surface area contributed by atoms with Gasteiger partial charge in [0.25, 0.3) is 0 Å². The number of methoxy groups -OCH3 is 1. The van der Waals surface area contributed by atoms with E-state index in [0.29, 0.717) is 17.0 Å². The van der Waals surface area contributed by atoms with Gasteiger partial charge in [0.05, 0.1) is 12.7 Å². The van der Waals surface area contributed by atoms with E-state index in [1.165, 1.54) is 14.0 Å². The highest BCUT2D eigenvalue weighted by Crippen LogP contribution is 2.30. The van der Waals surface area contributed by atoms with Crippen LogP contribution in [0, 0.1) is 13.8 Å². The highest BCUT2D eigenvalue weighted by molar-refractivity contribution is 5.94. The van der Waals surface area contributed by atoms with Crippen LogP contribution in [0.5, 0.6) is 5.75 Å². The highest BCUT2D eigenvalue weighted by Gasteiger charge is 2.13. The Labute approximate surface area is 94.6 Å². The van der Waals surface area contributed by atoms with E-state index >= 15 is 0 Å². The molecule has 1 aromatic rings.